The van der Waals surface area contributed by atoms with E-state index in [4.69, 9.17) is 8.94 Å². The van der Waals surface area contributed by atoms with E-state index in [1.54, 1.807) is 0 Å². The zero-order valence-corrected chi connectivity index (χ0v) is 14.9. The van der Waals surface area contributed by atoms with Gasteiger partial charge in [-0.1, -0.05) is 12.1 Å². The summed E-state index contributed by atoms with van der Waals surface area (Å²) in [6.07, 6.45) is 4.19. The van der Waals surface area contributed by atoms with Crippen molar-refractivity contribution in [2.24, 2.45) is 5.92 Å². The highest BCUT2D eigenvalue weighted by molar-refractivity contribution is 5.76. The van der Waals surface area contributed by atoms with Crippen LogP contribution < -0.4 is 0 Å². The van der Waals surface area contributed by atoms with Gasteiger partial charge in [-0.2, -0.15) is 4.98 Å². The van der Waals surface area contributed by atoms with Gasteiger partial charge in [0.05, 0.1) is 0 Å². The average Bonchev–Trinajstić information content (AvgIpc) is 3.02. The van der Waals surface area contributed by atoms with Crippen LogP contribution in [0.5, 0.6) is 0 Å². The van der Waals surface area contributed by atoms with Gasteiger partial charge in [0.2, 0.25) is 11.8 Å². The summed E-state index contributed by atoms with van der Waals surface area (Å²) in [5, 5.41) is 3.86. The summed E-state index contributed by atoms with van der Waals surface area (Å²) < 4.78 is 11.2. The Kier molecular flexibility index (Phi) is 4.36. The summed E-state index contributed by atoms with van der Waals surface area (Å²) in [7, 11) is 0. The van der Waals surface area contributed by atoms with Gasteiger partial charge in [0, 0.05) is 37.8 Å². The Hall–Kier alpha value is -2.11. The molecule has 6 heteroatoms. The number of carbonyl (C=O) groups is 1. The lowest BCUT2D eigenvalue weighted by molar-refractivity contribution is -0.132. The van der Waals surface area contributed by atoms with E-state index in [9.17, 15) is 4.79 Å². The molecule has 4 rings (SSSR count). The molecular weight excluding hydrogens is 318 g/mol. The van der Waals surface area contributed by atoms with Gasteiger partial charge in [-0.25, -0.2) is 0 Å². The Morgan fingerprint density at radius 1 is 1.32 bits per heavy atom. The molecule has 1 saturated carbocycles. The van der Waals surface area contributed by atoms with Crippen molar-refractivity contribution in [3.05, 3.63) is 35.4 Å². The van der Waals surface area contributed by atoms with Crippen molar-refractivity contribution >= 4 is 5.91 Å². The van der Waals surface area contributed by atoms with Gasteiger partial charge < -0.3 is 13.8 Å². The lowest BCUT2D eigenvalue weighted by Crippen LogP contribution is -2.38. The number of aryl methyl sites for hydroxylation is 2. The van der Waals surface area contributed by atoms with Crippen molar-refractivity contribution in [2.75, 3.05) is 13.1 Å². The fraction of sp³-hybridized carbons (Fsp3) is 0.632. The lowest BCUT2D eigenvalue weighted by Gasteiger charge is -2.30. The predicted octanol–water partition coefficient (Wildman–Crippen LogP) is 3.43. The molecular formula is C19H25N3O3. The van der Waals surface area contributed by atoms with Gasteiger partial charge in [-0.15, -0.1) is 0 Å². The molecule has 2 atom stereocenters. The molecule has 2 aromatic rings. The van der Waals surface area contributed by atoms with Crippen LogP contribution >= 0.6 is 0 Å². The van der Waals surface area contributed by atoms with Crippen LogP contribution in [0.3, 0.4) is 0 Å². The number of rotatable bonds is 5. The topological polar surface area (TPSA) is 72.4 Å². The Morgan fingerprint density at radius 2 is 2.08 bits per heavy atom. The van der Waals surface area contributed by atoms with E-state index in [2.05, 4.69) is 23.1 Å². The van der Waals surface area contributed by atoms with Crippen LogP contribution in [0, 0.1) is 12.8 Å². The second-order valence-corrected chi connectivity index (χ2v) is 7.46. The highest BCUT2D eigenvalue weighted by Gasteiger charge is 2.36. The summed E-state index contributed by atoms with van der Waals surface area (Å²) in [6.45, 7) is 5.59. The molecule has 1 aliphatic carbocycles. The minimum atomic E-state index is 0.206. The molecule has 1 aliphatic heterocycles. The Labute approximate surface area is 147 Å². The third-order valence-electron chi connectivity index (χ3n) is 5.48. The lowest BCUT2D eigenvalue weighted by atomic mass is 9.96. The molecule has 2 aliphatic rings. The van der Waals surface area contributed by atoms with E-state index < -0.39 is 0 Å². The van der Waals surface area contributed by atoms with Gasteiger partial charge in [-0.3, -0.25) is 4.79 Å². The molecule has 25 heavy (non-hydrogen) atoms. The van der Waals surface area contributed by atoms with Gasteiger partial charge in [0.15, 0.2) is 5.82 Å². The van der Waals surface area contributed by atoms with E-state index in [0.717, 1.165) is 43.4 Å². The number of piperidine rings is 1. The Balaban J connectivity index is 1.24. The maximum atomic E-state index is 12.5. The molecule has 2 aromatic heterocycles. The van der Waals surface area contributed by atoms with E-state index in [0.29, 0.717) is 30.5 Å². The number of nitrogens with zero attached hydrogens (tertiary/aromatic N) is 3. The summed E-state index contributed by atoms with van der Waals surface area (Å²) >= 11 is 0. The average molecular weight is 343 g/mol. The number of aromatic nitrogens is 2. The van der Waals surface area contributed by atoms with Crippen LogP contribution in [0.2, 0.25) is 0 Å². The number of likely N-dealkylation sites (tertiary alicyclic amines) is 1. The van der Waals surface area contributed by atoms with Crippen LogP contribution in [0.1, 0.15) is 67.7 Å². The minimum absolute atomic E-state index is 0.206. The Morgan fingerprint density at radius 3 is 2.72 bits per heavy atom. The zero-order valence-electron chi connectivity index (χ0n) is 14.9. The molecule has 2 fully saturated rings. The van der Waals surface area contributed by atoms with Crippen molar-refractivity contribution in [3.8, 4) is 0 Å². The maximum absolute atomic E-state index is 12.5. The summed E-state index contributed by atoms with van der Waals surface area (Å²) in [5.41, 5.74) is 0. The van der Waals surface area contributed by atoms with E-state index in [1.807, 2.05) is 17.9 Å². The molecule has 0 radical (unpaired) electrons. The molecule has 0 bridgehead atoms. The van der Waals surface area contributed by atoms with Gasteiger partial charge in [-0.05, 0) is 44.2 Å². The molecule has 0 aromatic carbocycles. The van der Waals surface area contributed by atoms with Crippen LogP contribution in [-0.4, -0.2) is 34.0 Å². The van der Waals surface area contributed by atoms with Crippen molar-refractivity contribution in [2.45, 2.75) is 57.8 Å². The number of carbonyl (C=O) groups excluding carboxylic acids is 1. The van der Waals surface area contributed by atoms with Crippen molar-refractivity contribution in [1.82, 2.24) is 15.0 Å². The first-order valence-electron chi connectivity index (χ1n) is 9.26. The number of hydrogen-bond donors (Lipinski definition) is 0. The number of hydrogen-bond acceptors (Lipinski definition) is 5. The zero-order chi connectivity index (χ0) is 17.4. The van der Waals surface area contributed by atoms with Crippen molar-refractivity contribution < 1.29 is 13.7 Å². The largest absolute Gasteiger partial charge is 0.466 e. The molecule has 0 unspecified atom stereocenters. The van der Waals surface area contributed by atoms with E-state index in [1.165, 1.54) is 6.42 Å². The smallest absolute Gasteiger partial charge is 0.229 e. The normalized spacial score (nSPS) is 23.8. The minimum Gasteiger partial charge on any atom is -0.466 e. The molecule has 0 N–H and O–H groups in total. The van der Waals surface area contributed by atoms with Crippen molar-refractivity contribution in [3.63, 3.8) is 0 Å². The van der Waals surface area contributed by atoms with Crippen LogP contribution in [0.4, 0.5) is 0 Å². The van der Waals surface area contributed by atoms with Gasteiger partial charge in [0.25, 0.3) is 0 Å². The van der Waals surface area contributed by atoms with Crippen LogP contribution in [-0.2, 0) is 11.2 Å². The van der Waals surface area contributed by atoms with Crippen LogP contribution in [0.15, 0.2) is 21.1 Å². The summed E-state index contributed by atoms with van der Waals surface area (Å²) in [6, 6.07) is 4.10. The first kappa shape index (κ1) is 16.4. The third kappa shape index (κ3) is 3.62. The highest BCUT2D eigenvalue weighted by atomic mass is 16.5. The molecule has 134 valence electrons. The van der Waals surface area contributed by atoms with E-state index in [-0.39, 0.29) is 11.8 Å². The van der Waals surface area contributed by atoms with E-state index >= 15 is 0 Å². The molecule has 6 nitrogen and oxygen atoms in total. The maximum Gasteiger partial charge on any atom is 0.229 e. The second kappa shape index (κ2) is 6.65. The quantitative estimate of drug-likeness (QED) is 0.831. The monoisotopic (exact) mass is 343 g/mol. The molecule has 1 saturated heterocycles. The van der Waals surface area contributed by atoms with Gasteiger partial charge in [0.1, 0.15) is 11.5 Å². The summed E-state index contributed by atoms with van der Waals surface area (Å²) in [4.78, 5) is 18.7. The second-order valence-electron chi connectivity index (χ2n) is 7.46. The predicted molar refractivity (Wildman–Crippen MR) is 91.1 cm³/mol. The molecule has 3 heterocycles. The first-order chi connectivity index (χ1) is 12.1. The number of amides is 1. The molecule has 1 amide bonds. The Bertz CT molecular complexity index is 743. The fourth-order valence-electron chi connectivity index (χ4n) is 3.69. The third-order valence-corrected chi connectivity index (χ3v) is 5.48. The molecule has 0 spiro atoms. The SMILES string of the molecule is Cc1noc(C2CCN(C(=O)CCc3ccc([C@@H]4C[C@@H]4C)o3)CC2)n1. The highest BCUT2D eigenvalue weighted by Crippen LogP contribution is 2.47. The first-order valence-corrected chi connectivity index (χ1v) is 9.26. The fourth-order valence-corrected chi connectivity index (χ4v) is 3.69. The standard InChI is InChI=1S/C19H25N3O3/c1-12-11-16(12)17-5-3-15(24-17)4-6-18(23)22-9-7-14(8-10-22)19-20-13(2)21-25-19/h3,5,12,14,16H,4,6-11H2,1-2H3/t12-,16+/m0/s1. The van der Waals surface area contributed by atoms with Gasteiger partial charge >= 0.3 is 0 Å². The van der Waals surface area contributed by atoms with Crippen LogP contribution in [0.25, 0.3) is 0 Å². The number of furan rings is 1. The summed E-state index contributed by atoms with van der Waals surface area (Å²) in [5.74, 6) is 5.22. The van der Waals surface area contributed by atoms with Crippen molar-refractivity contribution in [1.29, 1.82) is 0 Å².